The van der Waals surface area contributed by atoms with Crippen molar-refractivity contribution in [2.45, 2.75) is 18.7 Å². The molecule has 1 aliphatic heterocycles. The lowest BCUT2D eigenvalue weighted by atomic mass is 10.3. The summed E-state index contributed by atoms with van der Waals surface area (Å²) in [6, 6.07) is -1.02. The van der Waals surface area contributed by atoms with Crippen LogP contribution in [-0.4, -0.2) is 59.0 Å². The summed E-state index contributed by atoms with van der Waals surface area (Å²) >= 11 is 0. The predicted octanol–water partition coefficient (Wildman–Crippen LogP) is -1.47. The molecule has 1 saturated heterocycles. The second-order valence-electron chi connectivity index (χ2n) is 3.37. The minimum Gasteiger partial charge on any atom is -0.481 e. The summed E-state index contributed by atoms with van der Waals surface area (Å²) in [7, 11) is 0. The second-order valence-corrected chi connectivity index (χ2v) is 3.37. The predicted molar refractivity (Wildman–Crippen MR) is 49.2 cm³/mol. The van der Waals surface area contributed by atoms with Gasteiger partial charge in [0.15, 0.2) is 0 Å². The molecule has 7 nitrogen and oxygen atoms in total. The zero-order valence-electron chi connectivity index (χ0n) is 8.13. The van der Waals surface area contributed by atoms with E-state index in [-0.39, 0.29) is 19.3 Å². The summed E-state index contributed by atoms with van der Waals surface area (Å²) in [4.78, 5) is 22.4. The van der Waals surface area contributed by atoms with Gasteiger partial charge in [-0.25, -0.2) is 0 Å². The Balaban J connectivity index is 2.06. The normalized spacial score (nSPS) is 25.9. The van der Waals surface area contributed by atoms with E-state index in [9.17, 15) is 9.59 Å². The van der Waals surface area contributed by atoms with E-state index in [4.69, 9.17) is 20.7 Å². The number of rotatable bonds is 7. The Hall–Kier alpha value is -1.18. The summed E-state index contributed by atoms with van der Waals surface area (Å²) in [5, 5.41) is 16.9. The van der Waals surface area contributed by atoms with Gasteiger partial charge < -0.3 is 20.7 Å². The first-order valence-corrected chi connectivity index (χ1v) is 4.56. The van der Waals surface area contributed by atoms with Crippen molar-refractivity contribution in [2.75, 3.05) is 19.7 Å². The first-order valence-electron chi connectivity index (χ1n) is 4.56. The zero-order valence-corrected chi connectivity index (χ0v) is 8.13. The van der Waals surface area contributed by atoms with Gasteiger partial charge >= 0.3 is 11.9 Å². The van der Waals surface area contributed by atoms with Gasteiger partial charge in [0.25, 0.3) is 0 Å². The molecule has 7 heteroatoms. The maximum atomic E-state index is 10.3. The molecular formula is C8H14N2O5. The number of carbonyl (C=O) groups is 2. The van der Waals surface area contributed by atoms with Gasteiger partial charge in [-0.3, -0.25) is 14.5 Å². The fraction of sp³-hybridized carbons (Fsp3) is 0.750. The number of nitrogens with zero attached hydrogens (tertiary/aromatic N) is 1. The molecule has 0 saturated carbocycles. The third kappa shape index (κ3) is 4.24. The minimum atomic E-state index is -1.10. The Morgan fingerprint density at radius 2 is 2.20 bits per heavy atom. The van der Waals surface area contributed by atoms with Crippen LogP contribution in [0.4, 0.5) is 0 Å². The van der Waals surface area contributed by atoms with E-state index in [0.29, 0.717) is 13.1 Å². The third-order valence-electron chi connectivity index (χ3n) is 2.06. The number of nitrogens with two attached hydrogens (primary N) is 1. The molecule has 1 fully saturated rings. The van der Waals surface area contributed by atoms with Gasteiger partial charge in [-0.2, -0.15) is 0 Å². The van der Waals surface area contributed by atoms with Crippen molar-refractivity contribution in [3.8, 4) is 0 Å². The van der Waals surface area contributed by atoms with Crippen molar-refractivity contribution < 1.29 is 24.5 Å². The molecule has 2 unspecified atom stereocenters. The zero-order chi connectivity index (χ0) is 11.4. The molecular weight excluding hydrogens is 204 g/mol. The molecule has 86 valence electrons. The Morgan fingerprint density at radius 1 is 1.53 bits per heavy atom. The molecule has 3 atom stereocenters. The molecule has 0 aromatic rings. The topological polar surface area (TPSA) is 113 Å². The molecule has 0 radical (unpaired) electrons. The van der Waals surface area contributed by atoms with Crippen LogP contribution in [-0.2, 0) is 14.3 Å². The number of hydrogen-bond donors (Lipinski definition) is 3. The molecule has 0 spiro atoms. The number of aliphatic carboxylic acids is 2. The molecule has 0 aromatic heterocycles. The minimum absolute atomic E-state index is 0.0520. The Morgan fingerprint density at radius 3 is 2.73 bits per heavy atom. The number of carboxylic acid groups (broad SMARTS) is 2. The molecule has 0 aliphatic carbocycles. The number of hydrogen-bond acceptors (Lipinski definition) is 5. The smallest absolute Gasteiger partial charge is 0.322 e. The highest BCUT2D eigenvalue weighted by molar-refractivity contribution is 5.73. The van der Waals surface area contributed by atoms with Crippen LogP contribution in [0.2, 0.25) is 0 Å². The summed E-state index contributed by atoms with van der Waals surface area (Å²) in [5.74, 6) is -1.96. The van der Waals surface area contributed by atoms with Gasteiger partial charge in [0.05, 0.1) is 13.0 Å². The highest BCUT2D eigenvalue weighted by Crippen LogP contribution is 2.18. The van der Waals surface area contributed by atoms with E-state index in [1.54, 1.807) is 4.90 Å². The largest absolute Gasteiger partial charge is 0.481 e. The van der Waals surface area contributed by atoms with Crippen molar-refractivity contribution in [1.82, 2.24) is 4.90 Å². The van der Waals surface area contributed by atoms with Gasteiger partial charge in [0, 0.05) is 13.1 Å². The SMILES string of the molecule is N[C@@H](COC1CN1CCC(=O)O)C(=O)O. The van der Waals surface area contributed by atoms with Crippen LogP contribution < -0.4 is 5.73 Å². The van der Waals surface area contributed by atoms with Crippen molar-refractivity contribution in [1.29, 1.82) is 0 Å². The second kappa shape index (κ2) is 5.06. The summed E-state index contributed by atoms with van der Waals surface area (Å²) in [6.45, 7) is 1.01. The molecule has 1 aliphatic rings. The highest BCUT2D eigenvalue weighted by atomic mass is 16.5. The molecule has 4 N–H and O–H groups in total. The summed E-state index contributed by atoms with van der Waals surface area (Å²) in [6.07, 6.45) is -0.111. The van der Waals surface area contributed by atoms with Crippen LogP contribution >= 0.6 is 0 Å². The third-order valence-corrected chi connectivity index (χ3v) is 2.06. The summed E-state index contributed by atoms with van der Waals surface area (Å²) in [5.41, 5.74) is 5.22. The van der Waals surface area contributed by atoms with Crippen molar-refractivity contribution in [3.05, 3.63) is 0 Å². The highest BCUT2D eigenvalue weighted by Gasteiger charge is 2.35. The first kappa shape index (κ1) is 11.9. The fourth-order valence-corrected chi connectivity index (χ4v) is 1.07. The average Bonchev–Trinajstić information content (AvgIpc) is 2.89. The van der Waals surface area contributed by atoms with Crippen LogP contribution in [0.25, 0.3) is 0 Å². The molecule has 1 heterocycles. The van der Waals surface area contributed by atoms with Crippen LogP contribution in [0, 0.1) is 0 Å². The molecule has 1 rings (SSSR count). The maximum Gasteiger partial charge on any atom is 0.322 e. The van der Waals surface area contributed by atoms with E-state index in [2.05, 4.69) is 0 Å². The first-order chi connectivity index (χ1) is 7.00. The summed E-state index contributed by atoms with van der Waals surface area (Å²) < 4.78 is 5.15. The Labute approximate surface area is 86.4 Å². The Kier molecular flexibility index (Phi) is 4.01. The quantitative estimate of drug-likeness (QED) is 0.447. The Bertz CT molecular complexity index is 257. The maximum absolute atomic E-state index is 10.3. The number of ether oxygens (including phenoxy) is 1. The van der Waals surface area contributed by atoms with E-state index < -0.39 is 18.0 Å². The lowest BCUT2D eigenvalue weighted by molar-refractivity contribution is -0.140. The average molecular weight is 218 g/mol. The lowest BCUT2D eigenvalue weighted by Crippen LogP contribution is -2.35. The van der Waals surface area contributed by atoms with Gasteiger partial charge in [0.1, 0.15) is 12.3 Å². The van der Waals surface area contributed by atoms with Crippen molar-refractivity contribution >= 4 is 11.9 Å². The lowest BCUT2D eigenvalue weighted by Gasteiger charge is -2.07. The van der Waals surface area contributed by atoms with Crippen LogP contribution in [0.1, 0.15) is 6.42 Å². The number of carboxylic acids is 2. The molecule has 0 aromatic carbocycles. The van der Waals surface area contributed by atoms with E-state index >= 15 is 0 Å². The van der Waals surface area contributed by atoms with Gasteiger partial charge in [0.2, 0.25) is 0 Å². The molecule has 0 bridgehead atoms. The van der Waals surface area contributed by atoms with E-state index in [1.807, 2.05) is 0 Å². The van der Waals surface area contributed by atoms with E-state index in [1.165, 1.54) is 0 Å². The van der Waals surface area contributed by atoms with E-state index in [0.717, 1.165) is 0 Å². The van der Waals surface area contributed by atoms with Crippen LogP contribution in [0.5, 0.6) is 0 Å². The van der Waals surface area contributed by atoms with Gasteiger partial charge in [-0.05, 0) is 0 Å². The van der Waals surface area contributed by atoms with Crippen molar-refractivity contribution in [2.24, 2.45) is 5.73 Å². The van der Waals surface area contributed by atoms with Crippen LogP contribution in [0.15, 0.2) is 0 Å². The molecule has 15 heavy (non-hydrogen) atoms. The van der Waals surface area contributed by atoms with Crippen molar-refractivity contribution in [3.63, 3.8) is 0 Å². The molecule has 0 amide bonds. The van der Waals surface area contributed by atoms with Crippen LogP contribution in [0.3, 0.4) is 0 Å². The fourth-order valence-electron chi connectivity index (χ4n) is 1.07. The monoisotopic (exact) mass is 218 g/mol. The standard InChI is InChI=1S/C8H14N2O5/c9-5(8(13)14)4-15-6-3-10(6)2-1-7(11)12/h5-6H,1-4,9H2,(H,11,12)(H,13,14)/t5-,6?,10?/m0/s1. The van der Waals surface area contributed by atoms with Gasteiger partial charge in [-0.1, -0.05) is 0 Å². The van der Waals surface area contributed by atoms with Gasteiger partial charge in [-0.15, -0.1) is 0 Å².